The van der Waals surface area contributed by atoms with Gasteiger partial charge in [0, 0.05) is 25.3 Å². The molecule has 2 fully saturated rings. The number of nitrogens with zero attached hydrogens (tertiary/aromatic N) is 3. The van der Waals surface area contributed by atoms with E-state index in [1.807, 2.05) is 6.07 Å². The Bertz CT molecular complexity index is 828. The zero-order valence-electron chi connectivity index (χ0n) is 18.1. The van der Waals surface area contributed by atoms with Gasteiger partial charge in [-0.05, 0) is 74.7 Å². The van der Waals surface area contributed by atoms with E-state index in [2.05, 4.69) is 29.7 Å². The fourth-order valence-electron chi connectivity index (χ4n) is 4.72. The lowest BCUT2D eigenvalue weighted by atomic mass is 9.86. The maximum atomic E-state index is 12.3. The van der Waals surface area contributed by atoms with Crippen LogP contribution in [-0.2, 0) is 9.84 Å². The van der Waals surface area contributed by atoms with Crippen LogP contribution in [0.1, 0.15) is 52.0 Å². The predicted molar refractivity (Wildman–Crippen MR) is 118 cm³/mol. The van der Waals surface area contributed by atoms with Gasteiger partial charge < -0.3 is 9.80 Å². The monoisotopic (exact) mass is 417 g/mol. The lowest BCUT2D eigenvalue weighted by Crippen LogP contribution is -2.42. The van der Waals surface area contributed by atoms with Crippen molar-refractivity contribution in [2.24, 2.45) is 17.8 Å². The van der Waals surface area contributed by atoms with E-state index in [-0.39, 0.29) is 10.6 Å². The number of piperidine rings is 2. The Labute approximate surface area is 176 Å². The first kappa shape index (κ1) is 22.1. The Hall–Kier alpha value is -1.58. The zero-order chi connectivity index (χ0) is 21.0. The molecule has 0 aliphatic carbocycles. The molecule has 0 N–H and O–H groups in total. The highest BCUT2D eigenvalue weighted by atomic mass is 32.2. The first-order valence-electron chi connectivity index (χ1n) is 11.1. The van der Waals surface area contributed by atoms with Gasteiger partial charge in [0.15, 0.2) is 9.84 Å². The molecule has 0 spiro atoms. The van der Waals surface area contributed by atoms with Crippen LogP contribution in [0.4, 0.5) is 5.69 Å². The maximum Gasteiger partial charge on any atom is 0.178 e. The number of likely N-dealkylation sites (tertiary alicyclic amines) is 1. The lowest BCUT2D eigenvalue weighted by Gasteiger charge is -2.39. The van der Waals surface area contributed by atoms with Gasteiger partial charge in [0.2, 0.25) is 0 Å². The van der Waals surface area contributed by atoms with Crippen molar-refractivity contribution in [2.45, 2.75) is 51.3 Å². The summed E-state index contributed by atoms with van der Waals surface area (Å²) in [5.41, 5.74) is 1.29. The van der Waals surface area contributed by atoms with Gasteiger partial charge in [-0.25, -0.2) is 8.42 Å². The third-order valence-corrected chi connectivity index (χ3v) is 8.54. The van der Waals surface area contributed by atoms with Crippen LogP contribution in [0, 0.1) is 29.1 Å². The minimum atomic E-state index is -3.32. The molecular weight excluding hydrogens is 382 g/mol. The summed E-state index contributed by atoms with van der Waals surface area (Å²) in [6.07, 6.45) is 4.89. The third kappa shape index (κ3) is 5.52. The van der Waals surface area contributed by atoms with Crippen molar-refractivity contribution in [3.8, 4) is 6.07 Å². The summed E-state index contributed by atoms with van der Waals surface area (Å²) >= 11 is 0. The number of rotatable bonds is 6. The SMILES string of the molecule is CCS(=O)(=O)c1cc(C#N)cc(N2CCC(CN3CCC(C(C)C)CC3)CC2)c1. The van der Waals surface area contributed by atoms with Crippen LogP contribution in [-0.4, -0.2) is 51.8 Å². The van der Waals surface area contributed by atoms with E-state index in [9.17, 15) is 13.7 Å². The van der Waals surface area contributed by atoms with Gasteiger partial charge >= 0.3 is 0 Å². The lowest BCUT2D eigenvalue weighted by molar-refractivity contribution is 0.132. The molecule has 2 aliphatic heterocycles. The highest BCUT2D eigenvalue weighted by molar-refractivity contribution is 7.91. The minimum absolute atomic E-state index is 0.0525. The Morgan fingerprint density at radius 3 is 2.28 bits per heavy atom. The third-order valence-electron chi connectivity index (χ3n) is 6.83. The average molecular weight is 418 g/mol. The molecule has 5 nitrogen and oxygen atoms in total. The second-order valence-corrected chi connectivity index (χ2v) is 11.3. The van der Waals surface area contributed by atoms with Crippen molar-refractivity contribution in [3.63, 3.8) is 0 Å². The van der Waals surface area contributed by atoms with Gasteiger partial charge in [-0.15, -0.1) is 0 Å². The van der Waals surface area contributed by atoms with E-state index in [0.29, 0.717) is 11.5 Å². The first-order chi connectivity index (χ1) is 13.8. The van der Waals surface area contributed by atoms with E-state index in [4.69, 9.17) is 0 Å². The minimum Gasteiger partial charge on any atom is -0.371 e. The van der Waals surface area contributed by atoms with E-state index in [1.54, 1.807) is 13.0 Å². The molecule has 2 aliphatic rings. The van der Waals surface area contributed by atoms with Crippen LogP contribution in [0.25, 0.3) is 0 Å². The summed E-state index contributed by atoms with van der Waals surface area (Å²) in [5, 5.41) is 9.33. The maximum absolute atomic E-state index is 12.3. The molecule has 2 heterocycles. The fourth-order valence-corrected chi connectivity index (χ4v) is 5.66. The zero-order valence-corrected chi connectivity index (χ0v) is 18.9. The molecule has 29 heavy (non-hydrogen) atoms. The second kappa shape index (κ2) is 9.49. The Kier molecular flexibility index (Phi) is 7.23. The number of sulfone groups is 1. The van der Waals surface area contributed by atoms with Crippen LogP contribution in [0.3, 0.4) is 0 Å². The van der Waals surface area contributed by atoms with Crippen molar-refractivity contribution in [2.75, 3.05) is 43.4 Å². The molecule has 3 rings (SSSR count). The van der Waals surface area contributed by atoms with Crippen molar-refractivity contribution < 1.29 is 8.42 Å². The van der Waals surface area contributed by atoms with Gasteiger partial charge in [-0.3, -0.25) is 0 Å². The number of anilines is 1. The molecule has 0 saturated carbocycles. The molecule has 0 aromatic heterocycles. The van der Waals surface area contributed by atoms with Crippen molar-refractivity contribution in [1.82, 2.24) is 4.90 Å². The number of nitriles is 1. The van der Waals surface area contributed by atoms with Crippen LogP contribution < -0.4 is 4.90 Å². The summed E-state index contributed by atoms with van der Waals surface area (Å²) < 4.78 is 24.6. The molecule has 0 unspecified atom stereocenters. The Morgan fingerprint density at radius 2 is 1.72 bits per heavy atom. The fraction of sp³-hybridized carbons (Fsp3) is 0.696. The second-order valence-electron chi connectivity index (χ2n) is 9.04. The molecule has 0 atom stereocenters. The van der Waals surface area contributed by atoms with E-state index in [0.717, 1.165) is 43.5 Å². The summed E-state index contributed by atoms with van der Waals surface area (Å²) in [7, 11) is -3.32. The van der Waals surface area contributed by atoms with Crippen LogP contribution >= 0.6 is 0 Å². The van der Waals surface area contributed by atoms with E-state index in [1.165, 1.54) is 38.5 Å². The molecule has 6 heteroatoms. The Balaban J connectivity index is 1.58. The Morgan fingerprint density at radius 1 is 1.07 bits per heavy atom. The molecule has 1 aromatic carbocycles. The van der Waals surface area contributed by atoms with Crippen molar-refractivity contribution >= 4 is 15.5 Å². The van der Waals surface area contributed by atoms with Gasteiger partial charge in [0.25, 0.3) is 0 Å². The highest BCUT2D eigenvalue weighted by Gasteiger charge is 2.26. The number of hydrogen-bond donors (Lipinski definition) is 0. The van der Waals surface area contributed by atoms with E-state index >= 15 is 0 Å². The smallest absolute Gasteiger partial charge is 0.178 e. The summed E-state index contributed by atoms with van der Waals surface area (Å²) in [4.78, 5) is 5.16. The number of benzene rings is 1. The van der Waals surface area contributed by atoms with E-state index < -0.39 is 9.84 Å². The highest BCUT2D eigenvalue weighted by Crippen LogP contribution is 2.29. The van der Waals surface area contributed by atoms with Gasteiger partial charge in [-0.2, -0.15) is 5.26 Å². The molecular formula is C23H35N3O2S. The number of hydrogen-bond acceptors (Lipinski definition) is 5. The van der Waals surface area contributed by atoms with Crippen LogP contribution in [0.2, 0.25) is 0 Å². The quantitative estimate of drug-likeness (QED) is 0.701. The van der Waals surface area contributed by atoms with Crippen LogP contribution in [0.5, 0.6) is 0 Å². The van der Waals surface area contributed by atoms with Gasteiger partial charge in [0.05, 0.1) is 22.3 Å². The molecule has 0 bridgehead atoms. The molecule has 2 saturated heterocycles. The predicted octanol–water partition coefficient (Wildman–Crippen LogP) is 3.94. The molecule has 160 valence electrons. The van der Waals surface area contributed by atoms with Crippen molar-refractivity contribution in [3.05, 3.63) is 23.8 Å². The van der Waals surface area contributed by atoms with Crippen molar-refractivity contribution in [1.29, 1.82) is 5.26 Å². The summed E-state index contributed by atoms with van der Waals surface area (Å²) in [5.74, 6) is 2.44. The first-order valence-corrected chi connectivity index (χ1v) is 12.7. The largest absolute Gasteiger partial charge is 0.371 e. The van der Waals surface area contributed by atoms with Gasteiger partial charge in [0.1, 0.15) is 0 Å². The topological polar surface area (TPSA) is 64.4 Å². The van der Waals surface area contributed by atoms with Crippen LogP contribution in [0.15, 0.2) is 23.1 Å². The van der Waals surface area contributed by atoms with Gasteiger partial charge in [-0.1, -0.05) is 20.8 Å². The summed E-state index contributed by atoms with van der Waals surface area (Å²) in [6, 6.07) is 7.19. The molecule has 0 radical (unpaired) electrons. The molecule has 0 amide bonds. The normalized spacial score (nSPS) is 20.2. The molecule has 1 aromatic rings. The summed E-state index contributed by atoms with van der Waals surface area (Å²) in [6.45, 7) is 11.8. The standard InChI is InChI=1S/C23H35N3O2S/c1-4-29(27,28)23-14-20(16-24)13-22(15-23)26-11-5-19(6-12-26)17-25-9-7-21(8-10-25)18(2)3/h13-15,18-19,21H,4-12,17H2,1-3H3. The average Bonchev–Trinajstić information content (AvgIpc) is 2.74.